The lowest BCUT2D eigenvalue weighted by atomic mass is 9.97. The number of aryl methyl sites for hydroxylation is 1. The second-order valence-corrected chi connectivity index (χ2v) is 5.53. The minimum absolute atomic E-state index is 0.140. The quantitative estimate of drug-likeness (QED) is 0.812. The van der Waals surface area contributed by atoms with Gasteiger partial charge in [0.05, 0.1) is 6.20 Å². The molecule has 0 amide bonds. The van der Waals surface area contributed by atoms with Crippen LogP contribution in [0, 0.1) is 17.5 Å². The first-order valence-electron chi connectivity index (χ1n) is 6.87. The van der Waals surface area contributed by atoms with Crippen LogP contribution in [0.5, 0.6) is 0 Å². The number of hydrogen-bond donors (Lipinski definition) is 0. The van der Waals surface area contributed by atoms with Gasteiger partial charge >= 0.3 is 0 Å². The van der Waals surface area contributed by atoms with Crippen LogP contribution in [0.4, 0.5) is 13.2 Å². The second-order valence-electron chi connectivity index (χ2n) is 5.53. The van der Waals surface area contributed by atoms with Crippen molar-refractivity contribution in [2.75, 3.05) is 13.1 Å². The van der Waals surface area contributed by atoms with Gasteiger partial charge in [-0.1, -0.05) is 0 Å². The van der Waals surface area contributed by atoms with Gasteiger partial charge in [0.25, 0.3) is 0 Å². The molecule has 3 nitrogen and oxygen atoms in total. The summed E-state index contributed by atoms with van der Waals surface area (Å²) in [5.41, 5.74) is 1.21. The van der Waals surface area contributed by atoms with Crippen molar-refractivity contribution in [1.82, 2.24) is 14.7 Å². The lowest BCUT2D eigenvalue weighted by molar-refractivity contribution is 0.325. The summed E-state index contributed by atoms with van der Waals surface area (Å²) in [5, 5.41) is 4.10. The molecule has 1 atom stereocenters. The van der Waals surface area contributed by atoms with Gasteiger partial charge in [0.15, 0.2) is 11.6 Å². The maximum Gasteiger partial charge on any atom is 0.162 e. The van der Waals surface area contributed by atoms with Gasteiger partial charge in [0, 0.05) is 43.9 Å². The largest absolute Gasteiger partial charge is 0.298 e. The van der Waals surface area contributed by atoms with Crippen LogP contribution in [-0.4, -0.2) is 27.8 Å². The normalized spacial score (nSPS) is 19.3. The van der Waals surface area contributed by atoms with E-state index in [-0.39, 0.29) is 11.5 Å². The molecular weight excluding hydrogens is 279 g/mol. The average Bonchev–Trinajstić information content (AvgIpc) is 3.04. The maximum absolute atomic E-state index is 13.8. The van der Waals surface area contributed by atoms with E-state index < -0.39 is 17.5 Å². The molecule has 0 radical (unpaired) electrons. The molecule has 1 fully saturated rings. The van der Waals surface area contributed by atoms with Crippen LogP contribution in [-0.2, 0) is 13.6 Å². The van der Waals surface area contributed by atoms with Gasteiger partial charge in [0.1, 0.15) is 5.82 Å². The summed E-state index contributed by atoms with van der Waals surface area (Å²) in [6.07, 6.45) is 4.41. The molecule has 112 valence electrons. The molecule has 3 rings (SSSR count). The standard InChI is InChI=1S/C15H16F3N3/c1-20-7-10(6-19-20)8-21-3-2-11(9-21)13-4-12(16)5-14(17)15(13)18/h4-7,11H,2-3,8-9H2,1H3. The highest BCUT2D eigenvalue weighted by atomic mass is 19.2. The van der Waals surface area contributed by atoms with E-state index in [0.717, 1.165) is 18.2 Å². The van der Waals surface area contributed by atoms with Crippen molar-refractivity contribution in [2.24, 2.45) is 7.05 Å². The van der Waals surface area contributed by atoms with E-state index in [1.165, 1.54) is 0 Å². The Morgan fingerprint density at radius 3 is 2.81 bits per heavy atom. The summed E-state index contributed by atoms with van der Waals surface area (Å²) in [5.74, 6) is -2.94. The Labute approximate surface area is 121 Å². The molecule has 1 aliphatic heterocycles. The predicted octanol–water partition coefficient (Wildman–Crippen LogP) is 2.83. The SMILES string of the molecule is Cn1cc(CN2CCC(c3cc(F)cc(F)c3F)C2)cn1. The Bertz CT molecular complexity index is 654. The molecule has 0 aliphatic carbocycles. The molecular formula is C15H16F3N3. The number of hydrogen-bond acceptors (Lipinski definition) is 2. The molecule has 1 aromatic heterocycles. The zero-order valence-electron chi connectivity index (χ0n) is 11.7. The van der Waals surface area contributed by atoms with E-state index in [1.54, 1.807) is 10.9 Å². The lowest BCUT2D eigenvalue weighted by Gasteiger charge is -2.15. The number of benzene rings is 1. The van der Waals surface area contributed by atoms with Crippen molar-refractivity contribution in [1.29, 1.82) is 0 Å². The van der Waals surface area contributed by atoms with Gasteiger partial charge in [-0.3, -0.25) is 9.58 Å². The average molecular weight is 295 g/mol. The molecule has 0 N–H and O–H groups in total. The Kier molecular flexibility index (Phi) is 3.71. The highest BCUT2D eigenvalue weighted by molar-refractivity contribution is 5.25. The minimum Gasteiger partial charge on any atom is -0.298 e. The molecule has 1 aromatic carbocycles. The van der Waals surface area contributed by atoms with E-state index in [9.17, 15) is 13.2 Å². The third-order valence-corrected chi connectivity index (χ3v) is 3.90. The highest BCUT2D eigenvalue weighted by Gasteiger charge is 2.27. The summed E-state index contributed by atoms with van der Waals surface area (Å²) in [4.78, 5) is 2.14. The van der Waals surface area contributed by atoms with Crippen LogP contribution < -0.4 is 0 Å². The first kappa shape index (κ1) is 14.1. The molecule has 1 aliphatic rings. The summed E-state index contributed by atoms with van der Waals surface area (Å²) in [6, 6.07) is 1.69. The Balaban J connectivity index is 1.72. The molecule has 2 aromatic rings. The molecule has 0 bridgehead atoms. The molecule has 2 heterocycles. The van der Waals surface area contributed by atoms with Crippen LogP contribution in [0.1, 0.15) is 23.5 Å². The first-order valence-corrected chi connectivity index (χ1v) is 6.87. The monoisotopic (exact) mass is 295 g/mol. The third kappa shape index (κ3) is 2.95. The maximum atomic E-state index is 13.8. The lowest BCUT2D eigenvalue weighted by Crippen LogP contribution is -2.19. The fourth-order valence-corrected chi connectivity index (χ4v) is 2.91. The van der Waals surface area contributed by atoms with Crippen LogP contribution in [0.2, 0.25) is 0 Å². The van der Waals surface area contributed by atoms with E-state index in [2.05, 4.69) is 10.00 Å². The summed E-state index contributed by atoms with van der Waals surface area (Å²) in [6.45, 7) is 2.08. The van der Waals surface area contributed by atoms with Crippen LogP contribution in [0.15, 0.2) is 24.5 Å². The van der Waals surface area contributed by atoms with Gasteiger partial charge in [-0.2, -0.15) is 5.10 Å². The summed E-state index contributed by atoms with van der Waals surface area (Å²) < 4.78 is 42.1. The first-order chi connectivity index (χ1) is 10.0. The van der Waals surface area contributed by atoms with Crippen molar-refractivity contribution in [2.45, 2.75) is 18.9 Å². The Hall–Kier alpha value is -1.82. The molecule has 21 heavy (non-hydrogen) atoms. The number of likely N-dealkylation sites (tertiary alicyclic amines) is 1. The van der Waals surface area contributed by atoms with E-state index in [0.29, 0.717) is 25.6 Å². The van der Waals surface area contributed by atoms with Gasteiger partial charge in [-0.25, -0.2) is 13.2 Å². The minimum atomic E-state index is -1.12. The highest BCUT2D eigenvalue weighted by Crippen LogP contribution is 2.31. The third-order valence-electron chi connectivity index (χ3n) is 3.90. The second kappa shape index (κ2) is 5.52. The Morgan fingerprint density at radius 2 is 2.10 bits per heavy atom. The van der Waals surface area contributed by atoms with Gasteiger partial charge in [-0.05, 0) is 24.6 Å². The van der Waals surface area contributed by atoms with Gasteiger partial charge in [-0.15, -0.1) is 0 Å². The van der Waals surface area contributed by atoms with Crippen LogP contribution in [0.25, 0.3) is 0 Å². The zero-order valence-corrected chi connectivity index (χ0v) is 11.7. The fourth-order valence-electron chi connectivity index (χ4n) is 2.91. The van der Waals surface area contributed by atoms with E-state index in [4.69, 9.17) is 0 Å². The van der Waals surface area contributed by atoms with E-state index in [1.807, 2.05) is 13.2 Å². The number of aromatic nitrogens is 2. The van der Waals surface area contributed by atoms with Crippen molar-refractivity contribution < 1.29 is 13.2 Å². The van der Waals surface area contributed by atoms with Crippen LogP contribution >= 0.6 is 0 Å². The fraction of sp³-hybridized carbons (Fsp3) is 0.400. The van der Waals surface area contributed by atoms with Gasteiger partial charge in [0.2, 0.25) is 0 Å². The van der Waals surface area contributed by atoms with E-state index >= 15 is 0 Å². The van der Waals surface area contributed by atoms with Crippen molar-refractivity contribution >= 4 is 0 Å². The summed E-state index contributed by atoms with van der Waals surface area (Å²) in [7, 11) is 1.85. The van der Waals surface area contributed by atoms with Crippen LogP contribution in [0.3, 0.4) is 0 Å². The predicted molar refractivity (Wildman–Crippen MR) is 72.2 cm³/mol. The number of rotatable bonds is 3. The molecule has 0 saturated carbocycles. The van der Waals surface area contributed by atoms with Crippen molar-refractivity contribution in [3.05, 3.63) is 53.1 Å². The molecule has 6 heteroatoms. The number of halogens is 3. The van der Waals surface area contributed by atoms with Crippen molar-refractivity contribution in [3.63, 3.8) is 0 Å². The molecule has 1 unspecified atom stereocenters. The molecule has 0 spiro atoms. The topological polar surface area (TPSA) is 21.1 Å². The Morgan fingerprint density at radius 1 is 1.29 bits per heavy atom. The van der Waals surface area contributed by atoms with Gasteiger partial charge < -0.3 is 0 Å². The van der Waals surface area contributed by atoms with Crippen molar-refractivity contribution in [3.8, 4) is 0 Å². The smallest absolute Gasteiger partial charge is 0.162 e. The number of nitrogens with zero attached hydrogens (tertiary/aromatic N) is 3. The zero-order chi connectivity index (χ0) is 15.0. The molecule has 1 saturated heterocycles. The summed E-state index contributed by atoms with van der Waals surface area (Å²) >= 11 is 0.